The van der Waals surface area contributed by atoms with Gasteiger partial charge in [0.15, 0.2) is 5.65 Å². The van der Waals surface area contributed by atoms with Gasteiger partial charge in [0.1, 0.15) is 28.7 Å². The quantitative estimate of drug-likeness (QED) is 0.781. The van der Waals surface area contributed by atoms with Crippen LogP contribution >= 0.6 is 0 Å². The molecule has 1 atom stereocenters. The summed E-state index contributed by atoms with van der Waals surface area (Å²) >= 11 is 0. The molecule has 1 aromatic carbocycles. The average molecular weight is 274 g/mol. The monoisotopic (exact) mass is 274 g/mol. The number of para-hydroxylation sites is 1. The van der Waals surface area contributed by atoms with Crippen molar-refractivity contribution in [3.63, 3.8) is 0 Å². The molecular weight excluding hydrogens is 262 g/mol. The van der Waals surface area contributed by atoms with Gasteiger partial charge < -0.3 is 5.73 Å². The fraction of sp³-hybridized carbons (Fsp3) is 0.143. The van der Waals surface area contributed by atoms with E-state index in [0.29, 0.717) is 17.0 Å². The van der Waals surface area contributed by atoms with E-state index in [1.165, 1.54) is 22.8 Å². The summed E-state index contributed by atoms with van der Waals surface area (Å²) in [5, 5.41) is 0. The van der Waals surface area contributed by atoms with Crippen molar-refractivity contribution in [1.29, 1.82) is 0 Å². The first-order valence-corrected chi connectivity index (χ1v) is 6.13. The van der Waals surface area contributed by atoms with Crippen LogP contribution in [0.15, 0.2) is 36.5 Å². The molecule has 0 radical (unpaired) electrons. The molecule has 0 saturated heterocycles. The van der Waals surface area contributed by atoms with Gasteiger partial charge >= 0.3 is 0 Å². The third kappa shape index (κ3) is 1.85. The highest BCUT2D eigenvalue weighted by Crippen LogP contribution is 2.26. The van der Waals surface area contributed by atoms with Crippen LogP contribution in [0.2, 0.25) is 0 Å². The van der Waals surface area contributed by atoms with Gasteiger partial charge in [-0.3, -0.25) is 4.57 Å². The van der Waals surface area contributed by atoms with Crippen LogP contribution in [0.1, 0.15) is 18.8 Å². The van der Waals surface area contributed by atoms with Crippen LogP contribution in [0.5, 0.6) is 0 Å². The zero-order chi connectivity index (χ0) is 14.3. The number of halogens is 2. The molecule has 0 saturated carbocycles. The number of nitrogens with zero attached hydrogens (tertiary/aromatic N) is 3. The van der Waals surface area contributed by atoms with E-state index in [1.807, 2.05) is 0 Å². The molecule has 0 aliphatic heterocycles. The Hall–Kier alpha value is -2.34. The standard InChI is InChI=1S/C14H12F2N4/c1-8(17)13-19-11-6-3-7-18-14(11)20(13)12-9(15)4-2-5-10(12)16/h2-8H,17H2,1H3/t8-/m0/s1. The smallest absolute Gasteiger partial charge is 0.164 e. The summed E-state index contributed by atoms with van der Waals surface area (Å²) in [7, 11) is 0. The number of rotatable bonds is 2. The van der Waals surface area contributed by atoms with Gasteiger partial charge in [0.25, 0.3) is 0 Å². The normalized spacial score (nSPS) is 12.8. The number of nitrogens with two attached hydrogens (primary N) is 1. The summed E-state index contributed by atoms with van der Waals surface area (Å²) in [6, 6.07) is 6.65. The highest BCUT2D eigenvalue weighted by Gasteiger charge is 2.21. The molecule has 0 unspecified atom stereocenters. The van der Waals surface area contributed by atoms with Gasteiger partial charge in [-0.25, -0.2) is 18.7 Å². The van der Waals surface area contributed by atoms with Gasteiger partial charge in [0.05, 0.1) is 6.04 Å². The van der Waals surface area contributed by atoms with Crippen LogP contribution in [-0.2, 0) is 0 Å². The van der Waals surface area contributed by atoms with Crippen LogP contribution in [0.3, 0.4) is 0 Å². The minimum atomic E-state index is -0.683. The lowest BCUT2D eigenvalue weighted by Crippen LogP contribution is -2.14. The van der Waals surface area contributed by atoms with Crippen molar-refractivity contribution in [3.05, 3.63) is 54.0 Å². The summed E-state index contributed by atoms with van der Waals surface area (Å²) in [5.74, 6) is -1.00. The number of hydrogen-bond acceptors (Lipinski definition) is 3. The van der Waals surface area contributed by atoms with E-state index in [2.05, 4.69) is 9.97 Å². The molecule has 0 spiro atoms. The molecular formula is C14H12F2N4. The Kier molecular flexibility index (Phi) is 2.94. The molecule has 6 heteroatoms. The van der Waals surface area contributed by atoms with Gasteiger partial charge in [-0.15, -0.1) is 0 Å². The number of imidazole rings is 1. The molecule has 0 fully saturated rings. The predicted molar refractivity (Wildman–Crippen MR) is 71.4 cm³/mol. The minimum absolute atomic E-state index is 0.207. The molecule has 2 heterocycles. The Morgan fingerprint density at radius 3 is 2.50 bits per heavy atom. The van der Waals surface area contributed by atoms with E-state index in [-0.39, 0.29) is 5.69 Å². The molecule has 0 aliphatic carbocycles. The molecule has 3 aromatic rings. The largest absolute Gasteiger partial charge is 0.322 e. The highest BCUT2D eigenvalue weighted by atomic mass is 19.1. The topological polar surface area (TPSA) is 56.7 Å². The zero-order valence-corrected chi connectivity index (χ0v) is 10.7. The van der Waals surface area contributed by atoms with Crippen molar-refractivity contribution in [1.82, 2.24) is 14.5 Å². The van der Waals surface area contributed by atoms with Gasteiger partial charge in [0.2, 0.25) is 0 Å². The third-order valence-electron chi connectivity index (χ3n) is 3.01. The maximum atomic E-state index is 14.0. The molecule has 2 N–H and O–H groups in total. The molecule has 102 valence electrons. The molecule has 0 aliphatic rings. The van der Waals surface area contributed by atoms with Crippen molar-refractivity contribution in [2.75, 3.05) is 0 Å². The highest BCUT2D eigenvalue weighted by molar-refractivity contribution is 5.74. The van der Waals surface area contributed by atoms with Gasteiger partial charge in [-0.2, -0.15) is 0 Å². The van der Waals surface area contributed by atoms with Crippen LogP contribution in [0.4, 0.5) is 8.78 Å². The predicted octanol–water partition coefficient (Wildman–Crippen LogP) is 2.72. The van der Waals surface area contributed by atoms with Gasteiger partial charge in [0, 0.05) is 6.20 Å². The Morgan fingerprint density at radius 2 is 1.85 bits per heavy atom. The molecule has 2 aromatic heterocycles. The fourth-order valence-electron chi connectivity index (χ4n) is 2.16. The summed E-state index contributed by atoms with van der Waals surface area (Å²) in [6.45, 7) is 1.70. The lowest BCUT2D eigenvalue weighted by Gasteiger charge is -2.12. The second kappa shape index (κ2) is 4.64. The van der Waals surface area contributed by atoms with Crippen LogP contribution in [-0.4, -0.2) is 14.5 Å². The van der Waals surface area contributed by atoms with Gasteiger partial charge in [-0.1, -0.05) is 6.07 Å². The minimum Gasteiger partial charge on any atom is -0.322 e. The van der Waals surface area contributed by atoms with E-state index in [0.717, 1.165) is 0 Å². The first kappa shape index (κ1) is 12.7. The summed E-state index contributed by atoms with van der Waals surface area (Å²) in [4.78, 5) is 8.47. The lowest BCUT2D eigenvalue weighted by molar-refractivity contribution is 0.563. The van der Waals surface area contributed by atoms with Crippen molar-refractivity contribution < 1.29 is 8.78 Å². The maximum Gasteiger partial charge on any atom is 0.164 e. The number of pyridine rings is 1. The summed E-state index contributed by atoms with van der Waals surface area (Å²) < 4.78 is 29.4. The van der Waals surface area contributed by atoms with E-state index in [9.17, 15) is 8.78 Å². The first-order valence-electron chi connectivity index (χ1n) is 6.13. The van der Waals surface area contributed by atoms with Crippen LogP contribution in [0.25, 0.3) is 16.9 Å². The number of hydrogen-bond donors (Lipinski definition) is 1. The molecule has 3 rings (SSSR count). The third-order valence-corrected chi connectivity index (χ3v) is 3.01. The van der Waals surface area contributed by atoms with Gasteiger partial charge in [-0.05, 0) is 31.2 Å². The fourth-order valence-corrected chi connectivity index (χ4v) is 2.16. The van der Waals surface area contributed by atoms with Crippen LogP contribution < -0.4 is 5.73 Å². The second-order valence-electron chi connectivity index (χ2n) is 4.51. The average Bonchev–Trinajstić information content (AvgIpc) is 2.78. The molecule has 0 amide bonds. The number of fused-ring (bicyclic) bond motifs is 1. The Balaban J connectivity index is 2.43. The van der Waals surface area contributed by atoms with Crippen molar-refractivity contribution >= 4 is 11.2 Å². The van der Waals surface area contributed by atoms with Crippen LogP contribution in [0, 0.1) is 11.6 Å². The Bertz CT molecular complexity index is 760. The molecule has 4 nitrogen and oxygen atoms in total. The lowest BCUT2D eigenvalue weighted by atomic mass is 10.2. The summed E-state index contributed by atoms with van der Waals surface area (Å²) in [6.07, 6.45) is 1.55. The van der Waals surface area contributed by atoms with E-state index < -0.39 is 17.7 Å². The van der Waals surface area contributed by atoms with E-state index >= 15 is 0 Å². The van der Waals surface area contributed by atoms with E-state index in [4.69, 9.17) is 5.73 Å². The number of aromatic nitrogens is 3. The Morgan fingerprint density at radius 1 is 1.15 bits per heavy atom. The molecule has 20 heavy (non-hydrogen) atoms. The number of benzene rings is 1. The van der Waals surface area contributed by atoms with Crippen molar-refractivity contribution in [3.8, 4) is 5.69 Å². The first-order chi connectivity index (χ1) is 9.59. The zero-order valence-electron chi connectivity index (χ0n) is 10.7. The van der Waals surface area contributed by atoms with Crippen molar-refractivity contribution in [2.45, 2.75) is 13.0 Å². The van der Waals surface area contributed by atoms with E-state index in [1.54, 1.807) is 25.3 Å². The van der Waals surface area contributed by atoms with Crippen molar-refractivity contribution in [2.24, 2.45) is 5.73 Å². The summed E-state index contributed by atoms with van der Waals surface area (Å²) in [5.41, 5.74) is 6.57. The SMILES string of the molecule is C[C@H](N)c1nc2cccnc2n1-c1c(F)cccc1F. The Labute approximate surface area is 113 Å². The maximum absolute atomic E-state index is 14.0. The molecule has 0 bridgehead atoms. The second-order valence-corrected chi connectivity index (χ2v) is 4.51.